The molecule has 1 heterocycles. The van der Waals surface area contributed by atoms with E-state index in [1.165, 1.54) is 11.0 Å². The van der Waals surface area contributed by atoms with Crippen molar-refractivity contribution in [1.29, 1.82) is 0 Å². The van der Waals surface area contributed by atoms with Crippen molar-refractivity contribution in [3.05, 3.63) is 28.0 Å². The van der Waals surface area contributed by atoms with Gasteiger partial charge in [0.2, 0.25) is 11.8 Å². The average Bonchev–Trinajstić information content (AvgIpc) is 2.41. The van der Waals surface area contributed by atoms with E-state index in [-0.39, 0.29) is 22.3 Å². The van der Waals surface area contributed by atoms with Gasteiger partial charge in [-0.3, -0.25) is 19.7 Å². The first-order chi connectivity index (χ1) is 9.85. The van der Waals surface area contributed by atoms with Crippen molar-refractivity contribution < 1.29 is 18.8 Å². The van der Waals surface area contributed by atoms with Crippen LogP contribution in [0, 0.1) is 5.82 Å². The average molecular weight is 358 g/mol. The quantitative estimate of drug-likeness (QED) is 0.611. The van der Waals surface area contributed by atoms with Crippen molar-refractivity contribution >= 4 is 39.3 Å². The molecule has 1 atom stereocenters. The van der Waals surface area contributed by atoms with Crippen LogP contribution in [0.3, 0.4) is 0 Å². The van der Waals surface area contributed by atoms with E-state index in [9.17, 15) is 18.8 Å². The van der Waals surface area contributed by atoms with Crippen LogP contribution in [0.4, 0.5) is 10.1 Å². The Labute approximate surface area is 128 Å². The van der Waals surface area contributed by atoms with Crippen molar-refractivity contribution in [2.75, 3.05) is 12.3 Å². The maximum absolute atomic E-state index is 13.3. The number of halogens is 2. The van der Waals surface area contributed by atoms with Gasteiger partial charge in [-0.2, -0.15) is 0 Å². The number of amides is 3. The summed E-state index contributed by atoms with van der Waals surface area (Å²) >= 11 is 3.09. The van der Waals surface area contributed by atoms with E-state index < -0.39 is 29.6 Å². The van der Waals surface area contributed by atoms with Gasteiger partial charge in [-0.25, -0.2) is 4.39 Å². The lowest BCUT2D eigenvalue weighted by Crippen LogP contribution is -2.59. The second-order valence-electron chi connectivity index (χ2n) is 4.62. The highest BCUT2D eigenvalue weighted by Crippen LogP contribution is 2.25. The highest BCUT2D eigenvalue weighted by Gasteiger charge is 2.36. The minimum atomic E-state index is -0.742. The molecule has 1 aliphatic rings. The molecule has 1 saturated heterocycles. The summed E-state index contributed by atoms with van der Waals surface area (Å²) in [6, 6.07) is 1.52. The van der Waals surface area contributed by atoms with Crippen molar-refractivity contribution in [2.45, 2.75) is 19.4 Å². The topological polar surface area (TPSA) is 92.5 Å². The van der Waals surface area contributed by atoms with E-state index in [0.717, 1.165) is 6.07 Å². The maximum atomic E-state index is 13.3. The molecule has 1 fully saturated rings. The number of rotatable bonds is 2. The minimum absolute atomic E-state index is 0.106. The largest absolute Gasteiger partial charge is 0.396 e. The Kier molecular flexibility index (Phi) is 4.26. The maximum Gasteiger partial charge on any atom is 0.256 e. The van der Waals surface area contributed by atoms with Gasteiger partial charge in [-0.1, -0.05) is 6.92 Å². The van der Waals surface area contributed by atoms with Gasteiger partial charge in [0.25, 0.3) is 5.91 Å². The molecule has 0 spiro atoms. The number of hydrogen-bond acceptors (Lipinski definition) is 4. The number of benzene rings is 1. The number of piperazine rings is 1. The van der Waals surface area contributed by atoms with Crippen LogP contribution in [0.2, 0.25) is 0 Å². The molecule has 21 heavy (non-hydrogen) atoms. The Morgan fingerprint density at radius 1 is 1.52 bits per heavy atom. The van der Waals surface area contributed by atoms with Crippen LogP contribution in [0.25, 0.3) is 0 Å². The van der Waals surface area contributed by atoms with Gasteiger partial charge >= 0.3 is 0 Å². The van der Waals surface area contributed by atoms with Gasteiger partial charge in [0.05, 0.1) is 11.3 Å². The van der Waals surface area contributed by atoms with E-state index in [1.54, 1.807) is 6.92 Å². The van der Waals surface area contributed by atoms with Gasteiger partial charge in [-0.05, 0) is 34.5 Å². The van der Waals surface area contributed by atoms with Crippen LogP contribution in [0.5, 0.6) is 0 Å². The number of nitrogens with two attached hydrogens (primary N) is 1. The van der Waals surface area contributed by atoms with Gasteiger partial charge < -0.3 is 10.6 Å². The predicted octanol–water partition coefficient (Wildman–Crippen LogP) is 1.05. The molecule has 1 aromatic rings. The van der Waals surface area contributed by atoms with Crippen LogP contribution in [-0.2, 0) is 9.59 Å². The van der Waals surface area contributed by atoms with Crippen LogP contribution < -0.4 is 11.1 Å². The first-order valence-electron chi connectivity index (χ1n) is 6.24. The van der Waals surface area contributed by atoms with E-state index in [4.69, 9.17) is 5.73 Å². The normalized spacial score (nSPS) is 18.6. The van der Waals surface area contributed by atoms with Crippen LogP contribution in [0.1, 0.15) is 23.7 Å². The Bertz CT molecular complexity index is 635. The zero-order valence-electron chi connectivity index (χ0n) is 11.2. The monoisotopic (exact) mass is 357 g/mol. The predicted molar refractivity (Wildman–Crippen MR) is 76.8 cm³/mol. The highest BCUT2D eigenvalue weighted by atomic mass is 79.9. The van der Waals surface area contributed by atoms with Gasteiger partial charge in [0.1, 0.15) is 18.4 Å². The van der Waals surface area contributed by atoms with Crippen LogP contribution in [0.15, 0.2) is 16.6 Å². The van der Waals surface area contributed by atoms with Crippen molar-refractivity contribution in [1.82, 2.24) is 10.2 Å². The lowest BCUT2D eigenvalue weighted by Gasteiger charge is -2.33. The number of carbonyl (C=O) groups excluding carboxylic acids is 3. The molecule has 2 rings (SSSR count). The fraction of sp³-hybridized carbons (Fsp3) is 0.308. The smallest absolute Gasteiger partial charge is 0.256 e. The summed E-state index contributed by atoms with van der Waals surface area (Å²) in [5.41, 5.74) is 5.39. The zero-order chi connectivity index (χ0) is 15.7. The summed E-state index contributed by atoms with van der Waals surface area (Å²) in [5.74, 6) is -2.28. The lowest BCUT2D eigenvalue weighted by atomic mass is 10.1. The van der Waals surface area contributed by atoms with Crippen molar-refractivity contribution in [3.63, 3.8) is 0 Å². The molecule has 0 radical (unpaired) electrons. The summed E-state index contributed by atoms with van der Waals surface area (Å²) < 4.78 is 13.5. The van der Waals surface area contributed by atoms with E-state index in [0.29, 0.717) is 6.42 Å². The third-order valence-corrected chi connectivity index (χ3v) is 3.88. The molecular weight excluding hydrogens is 345 g/mol. The van der Waals surface area contributed by atoms with Crippen molar-refractivity contribution in [3.8, 4) is 0 Å². The molecule has 1 unspecified atom stereocenters. The molecule has 0 aromatic heterocycles. The number of carbonyl (C=O) groups is 3. The number of hydrogen-bond donors (Lipinski definition) is 2. The third kappa shape index (κ3) is 2.90. The van der Waals surface area contributed by atoms with E-state index in [1.807, 2.05) is 0 Å². The molecular formula is C13H13BrFN3O3. The first-order valence-corrected chi connectivity index (χ1v) is 7.03. The number of nitrogens with zero attached hydrogens (tertiary/aromatic N) is 1. The minimum Gasteiger partial charge on any atom is -0.396 e. The number of nitrogens with one attached hydrogen (secondary N) is 1. The van der Waals surface area contributed by atoms with Gasteiger partial charge in [-0.15, -0.1) is 0 Å². The summed E-state index contributed by atoms with van der Waals surface area (Å²) in [5, 5.41) is 2.18. The fourth-order valence-corrected chi connectivity index (χ4v) is 2.66. The summed E-state index contributed by atoms with van der Waals surface area (Å²) in [6.45, 7) is 1.50. The molecule has 0 aliphatic carbocycles. The second kappa shape index (κ2) is 5.80. The lowest BCUT2D eigenvalue weighted by molar-refractivity contribution is -0.138. The summed E-state index contributed by atoms with van der Waals surface area (Å²) in [6.07, 6.45) is 0.360. The summed E-state index contributed by atoms with van der Waals surface area (Å²) in [7, 11) is 0. The molecule has 1 aromatic carbocycles. The molecule has 6 nitrogen and oxygen atoms in total. The molecule has 112 valence electrons. The molecule has 8 heteroatoms. The Hall–Kier alpha value is -1.96. The highest BCUT2D eigenvalue weighted by molar-refractivity contribution is 9.10. The molecule has 3 N–H and O–H groups in total. The van der Waals surface area contributed by atoms with Gasteiger partial charge in [0.15, 0.2) is 0 Å². The number of anilines is 1. The van der Waals surface area contributed by atoms with Crippen molar-refractivity contribution in [2.24, 2.45) is 0 Å². The SMILES string of the molecule is CCC1C(=O)NC(=O)CN1C(=O)c1cc(N)c(F)cc1Br. The first kappa shape index (κ1) is 15.4. The third-order valence-electron chi connectivity index (χ3n) is 3.22. The Balaban J connectivity index is 2.40. The zero-order valence-corrected chi connectivity index (χ0v) is 12.7. The standard InChI is InChI=1S/C13H13BrFN3O3/c1-2-10-12(20)17-11(19)5-18(10)13(21)6-3-9(16)8(15)4-7(6)14/h3-4,10H,2,5,16H2,1H3,(H,17,19,20). The van der Waals surface area contributed by atoms with E-state index in [2.05, 4.69) is 21.2 Å². The summed E-state index contributed by atoms with van der Waals surface area (Å²) in [4.78, 5) is 36.9. The molecule has 3 amide bonds. The molecule has 0 saturated carbocycles. The number of imide groups is 1. The number of nitrogen functional groups attached to an aromatic ring is 1. The van der Waals surface area contributed by atoms with Crippen LogP contribution >= 0.6 is 15.9 Å². The van der Waals surface area contributed by atoms with Crippen LogP contribution in [-0.4, -0.2) is 35.2 Å². The molecule has 0 bridgehead atoms. The fourth-order valence-electron chi connectivity index (χ4n) is 2.17. The van der Waals surface area contributed by atoms with E-state index >= 15 is 0 Å². The molecule has 1 aliphatic heterocycles. The Morgan fingerprint density at radius 2 is 2.19 bits per heavy atom. The second-order valence-corrected chi connectivity index (χ2v) is 5.48. The Morgan fingerprint density at radius 3 is 2.81 bits per heavy atom. The van der Waals surface area contributed by atoms with Gasteiger partial charge in [0, 0.05) is 4.47 Å².